The maximum absolute atomic E-state index is 12.1. The number of carbonyl (C=O) groups excluding carboxylic acids is 1. The standard InChI is InChI=1S/C18H25NO2/c20-14-4-13-19-17(21)9-12-18(19)10-7-16(8-11-18)15-5-2-1-3-6-15/h1-3,5-6,16,20H,4,7-14H2. The molecule has 1 spiro atoms. The lowest BCUT2D eigenvalue weighted by Gasteiger charge is -2.44. The number of likely N-dealkylation sites (tertiary alicyclic amines) is 1. The van der Waals surface area contributed by atoms with E-state index >= 15 is 0 Å². The largest absolute Gasteiger partial charge is 0.396 e. The summed E-state index contributed by atoms with van der Waals surface area (Å²) in [4.78, 5) is 14.2. The number of hydrogen-bond donors (Lipinski definition) is 1. The second kappa shape index (κ2) is 6.18. The number of amides is 1. The fraction of sp³-hybridized carbons (Fsp3) is 0.611. The van der Waals surface area contributed by atoms with Gasteiger partial charge in [-0.3, -0.25) is 4.79 Å². The molecule has 3 nitrogen and oxygen atoms in total. The third-order valence-electron chi connectivity index (χ3n) is 5.40. The molecule has 2 fully saturated rings. The molecule has 21 heavy (non-hydrogen) atoms. The van der Waals surface area contributed by atoms with Gasteiger partial charge in [-0.15, -0.1) is 0 Å². The Morgan fingerprint density at radius 3 is 2.52 bits per heavy atom. The lowest BCUT2D eigenvalue weighted by atomic mass is 9.73. The van der Waals surface area contributed by atoms with Crippen molar-refractivity contribution in [3.63, 3.8) is 0 Å². The zero-order chi connectivity index (χ0) is 14.7. The van der Waals surface area contributed by atoms with Gasteiger partial charge in [-0.25, -0.2) is 0 Å². The lowest BCUT2D eigenvalue weighted by molar-refractivity contribution is -0.132. The summed E-state index contributed by atoms with van der Waals surface area (Å²) in [5, 5.41) is 9.05. The predicted octanol–water partition coefficient (Wildman–Crippen LogP) is 3.09. The molecule has 2 aliphatic rings. The Kier molecular flexibility index (Phi) is 4.29. The first-order chi connectivity index (χ1) is 10.2. The van der Waals surface area contributed by atoms with Gasteiger partial charge in [0.1, 0.15) is 0 Å². The van der Waals surface area contributed by atoms with Gasteiger partial charge in [-0.2, -0.15) is 0 Å². The number of aliphatic hydroxyl groups is 1. The van der Waals surface area contributed by atoms with Crippen LogP contribution in [0.2, 0.25) is 0 Å². The molecule has 1 amide bonds. The van der Waals surface area contributed by atoms with Gasteiger partial charge in [0.2, 0.25) is 5.91 Å². The molecule has 114 valence electrons. The van der Waals surface area contributed by atoms with Crippen LogP contribution in [0.5, 0.6) is 0 Å². The number of aliphatic hydroxyl groups excluding tert-OH is 1. The summed E-state index contributed by atoms with van der Waals surface area (Å²) >= 11 is 0. The van der Waals surface area contributed by atoms with E-state index in [-0.39, 0.29) is 12.1 Å². The molecular formula is C18H25NO2. The number of carbonyl (C=O) groups is 1. The zero-order valence-corrected chi connectivity index (χ0v) is 12.6. The van der Waals surface area contributed by atoms with Gasteiger partial charge in [-0.1, -0.05) is 30.3 Å². The van der Waals surface area contributed by atoms with E-state index in [1.807, 2.05) is 0 Å². The second-order valence-electron chi connectivity index (χ2n) is 6.53. The Balaban J connectivity index is 1.67. The Morgan fingerprint density at radius 2 is 1.86 bits per heavy atom. The van der Waals surface area contributed by atoms with Crippen molar-refractivity contribution in [1.29, 1.82) is 0 Å². The SMILES string of the molecule is O=C1CCC2(CCC(c3ccccc3)CC2)N1CCCO. The quantitative estimate of drug-likeness (QED) is 0.924. The molecule has 3 heteroatoms. The van der Waals surface area contributed by atoms with E-state index in [0.717, 1.165) is 25.8 Å². The van der Waals surface area contributed by atoms with Gasteiger partial charge in [0.15, 0.2) is 0 Å². The molecule has 1 heterocycles. The van der Waals surface area contributed by atoms with Crippen LogP contribution in [0.15, 0.2) is 30.3 Å². The average molecular weight is 287 g/mol. The van der Waals surface area contributed by atoms with Gasteiger partial charge in [0.25, 0.3) is 0 Å². The molecule has 1 aliphatic heterocycles. The number of hydrogen-bond acceptors (Lipinski definition) is 2. The van der Waals surface area contributed by atoms with Crippen molar-refractivity contribution in [2.24, 2.45) is 0 Å². The summed E-state index contributed by atoms with van der Waals surface area (Å²) in [5.74, 6) is 0.939. The second-order valence-corrected chi connectivity index (χ2v) is 6.53. The monoisotopic (exact) mass is 287 g/mol. The van der Waals surface area contributed by atoms with Gasteiger partial charge in [0, 0.05) is 25.1 Å². The van der Waals surface area contributed by atoms with E-state index in [1.165, 1.54) is 18.4 Å². The molecule has 0 bridgehead atoms. The average Bonchev–Trinajstić information content (AvgIpc) is 2.83. The van der Waals surface area contributed by atoms with E-state index < -0.39 is 0 Å². The Bertz CT molecular complexity index is 477. The van der Waals surface area contributed by atoms with Crippen LogP contribution >= 0.6 is 0 Å². The first-order valence-electron chi connectivity index (χ1n) is 8.21. The zero-order valence-electron chi connectivity index (χ0n) is 12.6. The van der Waals surface area contributed by atoms with Crippen LogP contribution in [-0.4, -0.2) is 34.6 Å². The van der Waals surface area contributed by atoms with Crippen molar-refractivity contribution < 1.29 is 9.90 Å². The molecule has 3 rings (SSSR count). The van der Waals surface area contributed by atoms with Crippen LogP contribution in [-0.2, 0) is 4.79 Å². The van der Waals surface area contributed by atoms with Crippen LogP contribution in [0.25, 0.3) is 0 Å². The van der Waals surface area contributed by atoms with Crippen LogP contribution in [0.3, 0.4) is 0 Å². The van der Waals surface area contributed by atoms with Crippen molar-refractivity contribution in [2.45, 2.75) is 56.4 Å². The molecule has 0 atom stereocenters. The minimum atomic E-state index is 0.0948. The normalized spacial score (nSPS) is 29.3. The highest BCUT2D eigenvalue weighted by atomic mass is 16.3. The fourth-order valence-electron chi connectivity index (χ4n) is 4.20. The highest BCUT2D eigenvalue weighted by molar-refractivity contribution is 5.79. The van der Waals surface area contributed by atoms with Crippen LogP contribution in [0.1, 0.15) is 56.4 Å². The van der Waals surface area contributed by atoms with E-state index in [1.54, 1.807) is 0 Å². The molecule has 0 aromatic heterocycles. The highest BCUT2D eigenvalue weighted by Gasteiger charge is 2.46. The van der Waals surface area contributed by atoms with Gasteiger partial charge >= 0.3 is 0 Å². The topological polar surface area (TPSA) is 40.5 Å². The van der Waals surface area contributed by atoms with Crippen LogP contribution in [0.4, 0.5) is 0 Å². The van der Waals surface area contributed by atoms with Crippen LogP contribution in [0, 0.1) is 0 Å². The van der Waals surface area contributed by atoms with Gasteiger partial charge in [0.05, 0.1) is 0 Å². The minimum absolute atomic E-state index is 0.0948. The van der Waals surface area contributed by atoms with Crippen LogP contribution < -0.4 is 0 Å². The van der Waals surface area contributed by atoms with Crippen molar-refractivity contribution >= 4 is 5.91 Å². The summed E-state index contributed by atoms with van der Waals surface area (Å²) in [5.41, 5.74) is 1.54. The van der Waals surface area contributed by atoms with Crippen molar-refractivity contribution in [2.75, 3.05) is 13.2 Å². The third kappa shape index (κ3) is 2.84. The first-order valence-corrected chi connectivity index (χ1v) is 8.21. The molecule has 1 N–H and O–H groups in total. The van der Waals surface area contributed by atoms with Crippen molar-refractivity contribution in [1.82, 2.24) is 4.90 Å². The lowest BCUT2D eigenvalue weighted by Crippen LogP contribution is -2.48. The summed E-state index contributed by atoms with van der Waals surface area (Å²) in [6, 6.07) is 10.8. The van der Waals surface area contributed by atoms with Gasteiger partial charge in [-0.05, 0) is 50.0 Å². The molecule has 0 unspecified atom stereocenters. The van der Waals surface area contributed by atoms with E-state index in [4.69, 9.17) is 5.11 Å². The number of benzene rings is 1. The summed E-state index contributed by atoms with van der Waals surface area (Å²) in [7, 11) is 0. The first kappa shape index (κ1) is 14.6. The fourth-order valence-corrected chi connectivity index (χ4v) is 4.20. The van der Waals surface area contributed by atoms with E-state index in [2.05, 4.69) is 35.2 Å². The van der Waals surface area contributed by atoms with E-state index in [9.17, 15) is 4.79 Å². The third-order valence-corrected chi connectivity index (χ3v) is 5.40. The Morgan fingerprint density at radius 1 is 1.14 bits per heavy atom. The summed E-state index contributed by atoms with van der Waals surface area (Å²) in [6.07, 6.45) is 6.99. The molecule has 1 aliphatic carbocycles. The summed E-state index contributed by atoms with van der Waals surface area (Å²) < 4.78 is 0. The van der Waals surface area contributed by atoms with Crippen molar-refractivity contribution in [3.8, 4) is 0 Å². The molecule has 0 radical (unpaired) electrons. The summed E-state index contributed by atoms with van der Waals surface area (Å²) in [6.45, 7) is 0.901. The van der Waals surface area contributed by atoms with Crippen molar-refractivity contribution in [3.05, 3.63) is 35.9 Å². The Hall–Kier alpha value is -1.35. The predicted molar refractivity (Wildman–Crippen MR) is 83.0 cm³/mol. The molecule has 1 saturated heterocycles. The molecule has 1 aromatic carbocycles. The van der Waals surface area contributed by atoms with E-state index in [0.29, 0.717) is 24.7 Å². The molecule has 1 saturated carbocycles. The molecule has 1 aromatic rings. The highest BCUT2D eigenvalue weighted by Crippen LogP contribution is 2.46. The molecular weight excluding hydrogens is 262 g/mol. The van der Waals surface area contributed by atoms with Gasteiger partial charge < -0.3 is 10.0 Å². The maximum Gasteiger partial charge on any atom is 0.223 e. The smallest absolute Gasteiger partial charge is 0.223 e. The number of nitrogens with zero attached hydrogens (tertiary/aromatic N) is 1. The number of rotatable bonds is 4. The maximum atomic E-state index is 12.1. The Labute approximate surface area is 127 Å². The minimum Gasteiger partial charge on any atom is -0.396 e.